The van der Waals surface area contributed by atoms with Crippen LogP contribution >= 0.6 is 0 Å². The molecule has 0 heterocycles. The van der Waals surface area contributed by atoms with E-state index in [4.69, 9.17) is 0 Å². The second kappa shape index (κ2) is 7.54. The highest BCUT2D eigenvalue weighted by molar-refractivity contribution is 7.91. The summed E-state index contributed by atoms with van der Waals surface area (Å²) in [5.41, 5.74) is 1.18. The molecule has 0 amide bonds. The Labute approximate surface area is 111 Å². The van der Waals surface area contributed by atoms with Gasteiger partial charge in [-0.25, -0.2) is 8.42 Å². The van der Waals surface area contributed by atoms with E-state index in [1.807, 2.05) is 44.2 Å². The predicted octanol–water partition coefficient (Wildman–Crippen LogP) is 2.24. The third-order valence-corrected chi connectivity index (χ3v) is 4.90. The lowest BCUT2D eigenvalue weighted by atomic mass is 10.2. The van der Waals surface area contributed by atoms with Gasteiger partial charge >= 0.3 is 0 Å². The summed E-state index contributed by atoms with van der Waals surface area (Å²) in [4.78, 5) is 0. The Morgan fingerprint density at radius 2 is 1.89 bits per heavy atom. The number of sulfone groups is 1. The number of hydrogen-bond acceptors (Lipinski definition) is 3. The van der Waals surface area contributed by atoms with Gasteiger partial charge in [0.1, 0.15) is 0 Å². The molecule has 0 spiro atoms. The summed E-state index contributed by atoms with van der Waals surface area (Å²) >= 11 is 0. The molecule has 102 valence electrons. The molecule has 1 aromatic rings. The zero-order valence-electron chi connectivity index (χ0n) is 11.2. The van der Waals surface area contributed by atoms with E-state index in [0.29, 0.717) is 12.3 Å². The minimum absolute atomic E-state index is 0.226. The predicted molar refractivity (Wildman–Crippen MR) is 76.3 cm³/mol. The Balaban J connectivity index is 2.25. The number of benzene rings is 1. The smallest absolute Gasteiger partial charge is 0.151 e. The number of hydrogen-bond donors (Lipinski definition) is 1. The second-order valence-corrected chi connectivity index (χ2v) is 7.02. The van der Waals surface area contributed by atoms with Gasteiger partial charge in [-0.3, -0.25) is 0 Å². The van der Waals surface area contributed by atoms with Crippen molar-refractivity contribution >= 4 is 9.84 Å². The first-order valence-electron chi connectivity index (χ1n) is 6.48. The Morgan fingerprint density at radius 3 is 2.50 bits per heavy atom. The first-order valence-corrected chi connectivity index (χ1v) is 8.30. The fourth-order valence-corrected chi connectivity index (χ4v) is 3.42. The quantitative estimate of drug-likeness (QED) is 0.736. The van der Waals surface area contributed by atoms with Crippen molar-refractivity contribution in [3.63, 3.8) is 0 Å². The molecule has 0 aliphatic carbocycles. The average Bonchev–Trinajstić information content (AvgIpc) is 2.35. The molecule has 1 N–H and O–H groups in total. The fourth-order valence-electron chi connectivity index (χ4n) is 1.69. The lowest BCUT2D eigenvalue weighted by Crippen LogP contribution is -2.26. The lowest BCUT2D eigenvalue weighted by molar-refractivity contribution is 0.561. The van der Waals surface area contributed by atoms with E-state index in [1.165, 1.54) is 5.56 Å². The van der Waals surface area contributed by atoms with Crippen molar-refractivity contribution < 1.29 is 8.42 Å². The zero-order valence-corrected chi connectivity index (χ0v) is 12.0. The van der Waals surface area contributed by atoms with Crippen LogP contribution in [0.4, 0.5) is 0 Å². The summed E-state index contributed by atoms with van der Waals surface area (Å²) in [5, 5.41) is 3.17. The van der Waals surface area contributed by atoms with Gasteiger partial charge in [-0.1, -0.05) is 50.6 Å². The molecular weight excluding hydrogens is 246 g/mol. The van der Waals surface area contributed by atoms with Gasteiger partial charge < -0.3 is 5.32 Å². The van der Waals surface area contributed by atoms with Gasteiger partial charge in [-0.2, -0.15) is 0 Å². The SMILES string of the molecule is CCC(C)CS(=O)(=O)CCNCc1ccccc1. The molecule has 0 saturated heterocycles. The molecule has 1 unspecified atom stereocenters. The molecule has 1 aromatic carbocycles. The van der Waals surface area contributed by atoms with Gasteiger partial charge in [0.05, 0.1) is 11.5 Å². The molecule has 4 heteroatoms. The van der Waals surface area contributed by atoms with Crippen LogP contribution in [-0.4, -0.2) is 26.5 Å². The minimum atomic E-state index is -2.91. The van der Waals surface area contributed by atoms with E-state index < -0.39 is 9.84 Å². The zero-order chi connectivity index (χ0) is 13.4. The van der Waals surface area contributed by atoms with Crippen LogP contribution in [0.5, 0.6) is 0 Å². The Hall–Kier alpha value is -0.870. The number of nitrogens with one attached hydrogen (secondary N) is 1. The molecule has 0 radical (unpaired) electrons. The standard InChI is InChI=1S/C14H23NO2S/c1-3-13(2)12-18(16,17)10-9-15-11-14-7-5-4-6-8-14/h4-8,13,15H,3,9-12H2,1-2H3. The molecule has 0 fully saturated rings. The van der Waals surface area contributed by atoms with E-state index in [2.05, 4.69) is 5.32 Å². The van der Waals surface area contributed by atoms with E-state index in [-0.39, 0.29) is 11.7 Å². The Kier molecular flexibility index (Phi) is 6.36. The monoisotopic (exact) mass is 269 g/mol. The second-order valence-electron chi connectivity index (χ2n) is 4.79. The fraction of sp³-hybridized carbons (Fsp3) is 0.571. The summed E-state index contributed by atoms with van der Waals surface area (Å²) in [6.07, 6.45) is 0.913. The third-order valence-electron chi connectivity index (χ3n) is 3.00. The van der Waals surface area contributed by atoms with E-state index in [9.17, 15) is 8.42 Å². The van der Waals surface area contributed by atoms with Crippen molar-refractivity contribution in [3.8, 4) is 0 Å². The van der Waals surface area contributed by atoms with Gasteiger partial charge in [0, 0.05) is 13.1 Å². The topological polar surface area (TPSA) is 46.2 Å². The Bertz CT molecular complexity index is 428. The largest absolute Gasteiger partial charge is 0.312 e. The van der Waals surface area contributed by atoms with Crippen LogP contribution in [0.15, 0.2) is 30.3 Å². The van der Waals surface area contributed by atoms with Crippen LogP contribution in [0.2, 0.25) is 0 Å². The summed E-state index contributed by atoms with van der Waals surface area (Å²) in [6, 6.07) is 9.99. The van der Waals surface area contributed by atoms with Crippen molar-refractivity contribution in [1.29, 1.82) is 0 Å². The van der Waals surface area contributed by atoms with E-state index >= 15 is 0 Å². The highest BCUT2D eigenvalue weighted by atomic mass is 32.2. The van der Waals surface area contributed by atoms with Crippen molar-refractivity contribution in [1.82, 2.24) is 5.32 Å². The maximum atomic E-state index is 11.8. The molecule has 0 aliphatic rings. The molecular formula is C14H23NO2S. The van der Waals surface area contributed by atoms with Gasteiger partial charge in [-0.15, -0.1) is 0 Å². The van der Waals surface area contributed by atoms with Crippen molar-refractivity contribution in [3.05, 3.63) is 35.9 Å². The lowest BCUT2D eigenvalue weighted by Gasteiger charge is -2.10. The molecule has 0 aliphatic heterocycles. The van der Waals surface area contributed by atoms with Gasteiger partial charge in [0.2, 0.25) is 0 Å². The molecule has 1 rings (SSSR count). The molecule has 0 bridgehead atoms. The van der Waals surface area contributed by atoms with Crippen molar-refractivity contribution in [2.75, 3.05) is 18.1 Å². The molecule has 3 nitrogen and oxygen atoms in total. The van der Waals surface area contributed by atoms with Crippen LogP contribution in [-0.2, 0) is 16.4 Å². The highest BCUT2D eigenvalue weighted by Crippen LogP contribution is 2.05. The summed E-state index contributed by atoms with van der Waals surface area (Å²) in [6.45, 7) is 5.25. The van der Waals surface area contributed by atoms with Crippen molar-refractivity contribution in [2.24, 2.45) is 5.92 Å². The van der Waals surface area contributed by atoms with Crippen LogP contribution in [0.1, 0.15) is 25.8 Å². The van der Waals surface area contributed by atoms with Crippen molar-refractivity contribution in [2.45, 2.75) is 26.8 Å². The number of rotatable bonds is 8. The van der Waals surface area contributed by atoms with Gasteiger partial charge in [0.25, 0.3) is 0 Å². The van der Waals surface area contributed by atoms with E-state index in [0.717, 1.165) is 13.0 Å². The van der Waals surface area contributed by atoms with Crippen LogP contribution < -0.4 is 5.32 Å². The first kappa shape index (κ1) is 15.2. The third kappa shape index (κ3) is 6.17. The van der Waals surface area contributed by atoms with Crippen LogP contribution in [0, 0.1) is 5.92 Å². The summed E-state index contributed by atoms with van der Waals surface area (Å²) < 4.78 is 23.5. The minimum Gasteiger partial charge on any atom is -0.312 e. The molecule has 0 saturated carbocycles. The highest BCUT2D eigenvalue weighted by Gasteiger charge is 2.14. The molecule has 0 aromatic heterocycles. The normalized spacial score (nSPS) is 13.4. The average molecular weight is 269 g/mol. The van der Waals surface area contributed by atoms with Gasteiger partial charge in [0.15, 0.2) is 9.84 Å². The summed E-state index contributed by atoms with van der Waals surface area (Å²) in [5.74, 6) is 0.782. The van der Waals surface area contributed by atoms with Crippen LogP contribution in [0.25, 0.3) is 0 Å². The summed E-state index contributed by atoms with van der Waals surface area (Å²) in [7, 11) is -2.91. The Morgan fingerprint density at radius 1 is 1.22 bits per heavy atom. The first-order chi connectivity index (χ1) is 8.53. The maximum Gasteiger partial charge on any atom is 0.151 e. The van der Waals surface area contributed by atoms with Crippen LogP contribution in [0.3, 0.4) is 0 Å². The van der Waals surface area contributed by atoms with Gasteiger partial charge in [-0.05, 0) is 11.5 Å². The maximum absolute atomic E-state index is 11.8. The molecule has 18 heavy (non-hydrogen) atoms. The van der Waals surface area contributed by atoms with E-state index in [1.54, 1.807) is 0 Å². The molecule has 1 atom stereocenters.